The zero-order valence-electron chi connectivity index (χ0n) is 5.71. The molecule has 0 rings (SSSR count). The van der Waals surface area contributed by atoms with E-state index >= 15 is 0 Å². The SMILES string of the molecule is CSC.O=S(=O)(O)C(F)(F)F. The minimum absolute atomic E-state index is 1.75. The van der Waals surface area contributed by atoms with Gasteiger partial charge in [-0.15, -0.1) is 0 Å². The fourth-order valence-corrected chi connectivity index (χ4v) is 0. The average Bonchev–Trinajstić information content (AvgIpc) is 1.60. The van der Waals surface area contributed by atoms with Crippen LogP contribution in [0, 0.1) is 0 Å². The van der Waals surface area contributed by atoms with Gasteiger partial charge in [0.15, 0.2) is 0 Å². The summed E-state index contributed by atoms with van der Waals surface area (Å²) in [5.74, 6) is 0. The predicted octanol–water partition coefficient (Wildman–Crippen LogP) is 1.37. The smallest absolute Gasteiger partial charge is 0.279 e. The molecular weight excluding hydrogens is 205 g/mol. The Balaban J connectivity index is 0. The van der Waals surface area contributed by atoms with Crippen molar-refractivity contribution in [1.82, 2.24) is 0 Å². The second-order valence-corrected chi connectivity index (χ2v) is 3.56. The molecule has 0 spiro atoms. The third kappa shape index (κ3) is 7.95. The van der Waals surface area contributed by atoms with E-state index in [4.69, 9.17) is 13.0 Å². The van der Waals surface area contributed by atoms with E-state index in [1.54, 1.807) is 11.8 Å². The molecule has 0 aromatic carbocycles. The highest BCUT2D eigenvalue weighted by Gasteiger charge is 2.44. The van der Waals surface area contributed by atoms with E-state index in [0.29, 0.717) is 0 Å². The maximum absolute atomic E-state index is 10.7. The molecule has 0 fully saturated rings. The van der Waals surface area contributed by atoms with E-state index in [-0.39, 0.29) is 0 Å². The van der Waals surface area contributed by atoms with Crippen LogP contribution < -0.4 is 0 Å². The lowest BCUT2D eigenvalue weighted by molar-refractivity contribution is -0.0510. The van der Waals surface area contributed by atoms with Gasteiger partial charge in [0.1, 0.15) is 0 Å². The number of alkyl halides is 3. The maximum Gasteiger partial charge on any atom is 0.522 e. The molecule has 70 valence electrons. The fraction of sp³-hybridized carbons (Fsp3) is 1.00. The van der Waals surface area contributed by atoms with Crippen LogP contribution in [0.4, 0.5) is 13.2 Å². The number of hydrogen-bond acceptors (Lipinski definition) is 3. The van der Waals surface area contributed by atoms with Crippen molar-refractivity contribution in [2.24, 2.45) is 0 Å². The fourth-order valence-electron chi connectivity index (χ4n) is 0. The first kappa shape index (κ1) is 13.6. The Morgan fingerprint density at radius 3 is 1.36 bits per heavy atom. The van der Waals surface area contributed by atoms with Crippen LogP contribution in [-0.4, -0.2) is 31.0 Å². The van der Waals surface area contributed by atoms with Gasteiger partial charge < -0.3 is 0 Å². The highest BCUT2D eigenvalue weighted by atomic mass is 32.2. The van der Waals surface area contributed by atoms with Crippen LogP contribution in [0.25, 0.3) is 0 Å². The molecule has 8 heteroatoms. The molecule has 0 radical (unpaired) electrons. The van der Waals surface area contributed by atoms with Crippen molar-refractivity contribution in [1.29, 1.82) is 0 Å². The molecular formula is C3H7F3O3S2. The molecule has 0 aliphatic heterocycles. The molecule has 0 heterocycles. The van der Waals surface area contributed by atoms with Crippen LogP contribution in [-0.2, 0) is 10.1 Å². The molecule has 0 aromatic rings. The summed E-state index contributed by atoms with van der Waals surface area (Å²) in [5.41, 5.74) is -5.53. The van der Waals surface area contributed by atoms with Gasteiger partial charge in [-0.3, -0.25) is 4.55 Å². The molecule has 0 amide bonds. The van der Waals surface area contributed by atoms with Crippen molar-refractivity contribution >= 4 is 21.9 Å². The summed E-state index contributed by atoms with van der Waals surface area (Å²) in [7, 11) is -5.84. The van der Waals surface area contributed by atoms with Crippen molar-refractivity contribution in [3.8, 4) is 0 Å². The quantitative estimate of drug-likeness (QED) is 0.486. The maximum atomic E-state index is 10.7. The summed E-state index contributed by atoms with van der Waals surface area (Å²) in [4.78, 5) is 0. The molecule has 0 bridgehead atoms. The lowest BCUT2D eigenvalue weighted by Crippen LogP contribution is -2.21. The molecule has 0 aromatic heterocycles. The Hall–Kier alpha value is 0.0500. The summed E-state index contributed by atoms with van der Waals surface area (Å²) < 4.78 is 57.5. The molecule has 0 aliphatic carbocycles. The van der Waals surface area contributed by atoms with Crippen molar-refractivity contribution in [3.05, 3.63) is 0 Å². The Morgan fingerprint density at radius 1 is 1.27 bits per heavy atom. The minimum atomic E-state index is -5.84. The van der Waals surface area contributed by atoms with Gasteiger partial charge in [0.05, 0.1) is 0 Å². The molecule has 0 unspecified atom stereocenters. The van der Waals surface area contributed by atoms with Crippen LogP contribution >= 0.6 is 11.8 Å². The Kier molecular flexibility index (Phi) is 5.99. The van der Waals surface area contributed by atoms with Gasteiger partial charge in [-0.05, 0) is 12.5 Å². The molecule has 0 saturated heterocycles. The van der Waals surface area contributed by atoms with Gasteiger partial charge in [0.2, 0.25) is 0 Å². The topological polar surface area (TPSA) is 54.4 Å². The van der Waals surface area contributed by atoms with Crippen molar-refractivity contribution in [3.63, 3.8) is 0 Å². The Morgan fingerprint density at radius 2 is 1.36 bits per heavy atom. The lowest BCUT2D eigenvalue weighted by Gasteiger charge is -1.97. The Labute approximate surface area is 66.7 Å². The van der Waals surface area contributed by atoms with Gasteiger partial charge in [0, 0.05) is 0 Å². The largest absolute Gasteiger partial charge is 0.522 e. The third-order valence-electron chi connectivity index (χ3n) is 0.292. The third-order valence-corrected chi connectivity index (χ3v) is 0.877. The molecule has 0 saturated carbocycles. The van der Waals surface area contributed by atoms with E-state index in [1.807, 2.05) is 12.5 Å². The van der Waals surface area contributed by atoms with Gasteiger partial charge in [-0.1, -0.05) is 0 Å². The highest BCUT2D eigenvalue weighted by molar-refractivity contribution is 7.97. The number of hydrogen-bond donors (Lipinski definition) is 1. The average molecular weight is 212 g/mol. The van der Waals surface area contributed by atoms with E-state index in [1.165, 1.54) is 0 Å². The van der Waals surface area contributed by atoms with E-state index in [2.05, 4.69) is 0 Å². The predicted molar refractivity (Wildman–Crippen MR) is 37.0 cm³/mol. The summed E-state index contributed by atoms with van der Waals surface area (Å²) >= 11 is 1.75. The first-order valence-electron chi connectivity index (χ1n) is 2.10. The standard InChI is InChI=1S/C2H6S.CHF3O3S/c1-3-2;2-1(3,4)8(5,6)7/h1-2H3;(H,5,6,7). The normalized spacial score (nSPS) is 11.8. The van der Waals surface area contributed by atoms with Crippen LogP contribution in [0.15, 0.2) is 0 Å². The van der Waals surface area contributed by atoms with Crippen molar-refractivity contribution in [2.45, 2.75) is 5.51 Å². The number of halogens is 3. The van der Waals surface area contributed by atoms with Gasteiger partial charge in [-0.25, -0.2) is 0 Å². The van der Waals surface area contributed by atoms with E-state index in [0.717, 1.165) is 0 Å². The van der Waals surface area contributed by atoms with Crippen LogP contribution in [0.3, 0.4) is 0 Å². The Bertz CT molecular complexity index is 182. The summed E-state index contributed by atoms with van der Waals surface area (Å²) in [6.07, 6.45) is 4.08. The summed E-state index contributed by atoms with van der Waals surface area (Å²) in [6, 6.07) is 0. The molecule has 3 nitrogen and oxygen atoms in total. The van der Waals surface area contributed by atoms with Gasteiger partial charge >= 0.3 is 15.6 Å². The number of thioether (sulfide) groups is 1. The molecule has 0 aliphatic rings. The number of rotatable bonds is 0. The zero-order valence-corrected chi connectivity index (χ0v) is 7.35. The second-order valence-electron chi connectivity index (χ2n) is 1.33. The van der Waals surface area contributed by atoms with E-state index < -0.39 is 15.6 Å². The lowest BCUT2D eigenvalue weighted by atomic mass is 11.6. The molecule has 11 heavy (non-hydrogen) atoms. The second kappa shape index (κ2) is 4.83. The highest BCUT2D eigenvalue weighted by Crippen LogP contribution is 2.20. The monoisotopic (exact) mass is 212 g/mol. The van der Waals surface area contributed by atoms with E-state index in [9.17, 15) is 13.2 Å². The van der Waals surface area contributed by atoms with Crippen molar-refractivity contribution in [2.75, 3.05) is 12.5 Å². The first-order valence-corrected chi connectivity index (χ1v) is 5.18. The van der Waals surface area contributed by atoms with Crippen LogP contribution in [0.5, 0.6) is 0 Å². The van der Waals surface area contributed by atoms with Gasteiger partial charge in [0.25, 0.3) is 0 Å². The first-order chi connectivity index (χ1) is 4.66. The minimum Gasteiger partial charge on any atom is -0.279 e. The summed E-state index contributed by atoms with van der Waals surface area (Å²) in [6.45, 7) is 0. The van der Waals surface area contributed by atoms with Gasteiger partial charge in [-0.2, -0.15) is 33.4 Å². The van der Waals surface area contributed by atoms with Crippen LogP contribution in [0.2, 0.25) is 0 Å². The molecule has 1 N–H and O–H groups in total. The van der Waals surface area contributed by atoms with Crippen molar-refractivity contribution < 1.29 is 26.1 Å². The zero-order chi connectivity index (χ0) is 9.71. The van der Waals surface area contributed by atoms with Crippen LogP contribution in [0.1, 0.15) is 0 Å². The summed E-state index contributed by atoms with van der Waals surface area (Å²) in [5, 5.41) is 0. The molecule has 0 atom stereocenters.